The summed E-state index contributed by atoms with van der Waals surface area (Å²) >= 11 is 8.93. The topological polar surface area (TPSA) is 17.8 Å². The van der Waals surface area contributed by atoms with Gasteiger partial charge in [-0.05, 0) is 37.2 Å². The second kappa shape index (κ2) is 5.55. The fourth-order valence-corrected chi connectivity index (χ4v) is 5.06. The molecule has 0 amide bonds. The van der Waals surface area contributed by atoms with E-state index in [4.69, 9.17) is 12.2 Å². The van der Waals surface area contributed by atoms with Gasteiger partial charge in [-0.25, -0.2) is 4.68 Å². The van der Waals surface area contributed by atoms with Gasteiger partial charge in [0.1, 0.15) is 0 Å². The fourth-order valence-electron chi connectivity index (χ4n) is 2.19. The molecule has 2 aromatic rings. The Morgan fingerprint density at radius 3 is 2.67 bits per heavy atom. The molecule has 18 heavy (non-hydrogen) atoms. The van der Waals surface area contributed by atoms with Gasteiger partial charge in [0.05, 0.1) is 5.69 Å². The minimum absolute atomic E-state index is 0.745. The zero-order chi connectivity index (χ0) is 12.4. The summed E-state index contributed by atoms with van der Waals surface area (Å²) in [7, 11) is 0. The van der Waals surface area contributed by atoms with Crippen LogP contribution in [0.2, 0.25) is 0 Å². The lowest BCUT2D eigenvalue weighted by Crippen LogP contribution is -1.97. The van der Waals surface area contributed by atoms with Gasteiger partial charge in [-0.2, -0.15) is 0 Å². The molecule has 0 spiro atoms. The minimum Gasteiger partial charge on any atom is -0.211 e. The average molecular weight is 294 g/mol. The van der Waals surface area contributed by atoms with Crippen molar-refractivity contribution < 1.29 is 0 Å². The van der Waals surface area contributed by atoms with Gasteiger partial charge in [-0.3, -0.25) is 0 Å². The normalized spacial score (nSPS) is 16.2. The van der Waals surface area contributed by atoms with E-state index in [-0.39, 0.29) is 0 Å². The molecule has 0 radical (unpaired) electrons. The summed E-state index contributed by atoms with van der Waals surface area (Å²) in [6.07, 6.45) is 5.37. The maximum absolute atomic E-state index is 5.40. The standard InChI is InChI=1S/C13H14N2S3/c16-13-15(10-6-2-1-3-7-10)14-12(18-13)17-11-8-4-5-9-11/h1-3,6-7,11H,4-5,8-9H2. The van der Waals surface area contributed by atoms with Crippen LogP contribution >= 0.6 is 35.3 Å². The van der Waals surface area contributed by atoms with E-state index in [9.17, 15) is 0 Å². The van der Waals surface area contributed by atoms with E-state index in [0.29, 0.717) is 0 Å². The van der Waals surface area contributed by atoms with Crippen molar-refractivity contribution in [2.45, 2.75) is 35.3 Å². The van der Waals surface area contributed by atoms with E-state index in [0.717, 1.165) is 19.2 Å². The molecule has 1 aliphatic carbocycles. The van der Waals surface area contributed by atoms with Crippen LogP contribution in [0.1, 0.15) is 25.7 Å². The molecule has 94 valence electrons. The molecule has 1 aromatic heterocycles. The van der Waals surface area contributed by atoms with Gasteiger partial charge in [0.15, 0.2) is 8.29 Å². The summed E-state index contributed by atoms with van der Waals surface area (Å²) < 4.78 is 3.81. The van der Waals surface area contributed by atoms with Crippen molar-refractivity contribution in [2.24, 2.45) is 0 Å². The Morgan fingerprint density at radius 1 is 1.22 bits per heavy atom. The third kappa shape index (κ3) is 2.68. The zero-order valence-corrected chi connectivity index (χ0v) is 12.4. The van der Waals surface area contributed by atoms with Gasteiger partial charge in [-0.15, -0.1) is 5.10 Å². The lowest BCUT2D eigenvalue weighted by Gasteiger charge is -2.04. The quantitative estimate of drug-likeness (QED) is 0.764. The molecule has 1 aromatic carbocycles. The van der Waals surface area contributed by atoms with Crippen LogP contribution in [-0.2, 0) is 0 Å². The first-order valence-corrected chi connectivity index (χ1v) is 8.25. The number of para-hydroxylation sites is 1. The predicted octanol–water partition coefficient (Wildman–Crippen LogP) is 4.70. The fraction of sp³-hybridized carbons (Fsp3) is 0.385. The molecule has 0 atom stereocenters. The maximum Gasteiger partial charge on any atom is 0.184 e. The van der Waals surface area contributed by atoms with Gasteiger partial charge in [-0.1, -0.05) is 54.1 Å². The van der Waals surface area contributed by atoms with Crippen molar-refractivity contribution in [3.05, 3.63) is 34.3 Å². The summed E-state index contributed by atoms with van der Waals surface area (Å²) in [5.41, 5.74) is 1.05. The van der Waals surface area contributed by atoms with E-state index in [1.807, 2.05) is 46.8 Å². The highest BCUT2D eigenvalue weighted by Gasteiger charge is 2.18. The largest absolute Gasteiger partial charge is 0.211 e. The van der Waals surface area contributed by atoms with Crippen LogP contribution in [0.3, 0.4) is 0 Å². The number of hydrogen-bond donors (Lipinski definition) is 0. The highest BCUT2D eigenvalue weighted by molar-refractivity contribution is 8.01. The molecule has 0 saturated heterocycles. The van der Waals surface area contributed by atoms with Crippen LogP contribution in [0.25, 0.3) is 5.69 Å². The minimum atomic E-state index is 0.745. The van der Waals surface area contributed by atoms with Gasteiger partial charge in [0.2, 0.25) is 0 Å². The van der Waals surface area contributed by atoms with Crippen molar-refractivity contribution in [1.82, 2.24) is 9.78 Å². The highest BCUT2D eigenvalue weighted by Crippen LogP contribution is 2.36. The Hall–Kier alpha value is -0.650. The number of benzene rings is 1. The molecule has 0 bridgehead atoms. The third-order valence-electron chi connectivity index (χ3n) is 3.10. The van der Waals surface area contributed by atoms with E-state index >= 15 is 0 Å². The van der Waals surface area contributed by atoms with E-state index in [2.05, 4.69) is 5.10 Å². The Bertz CT molecular complexity index is 567. The molecule has 0 unspecified atom stereocenters. The second-order valence-electron chi connectivity index (χ2n) is 4.41. The molecular weight excluding hydrogens is 280 g/mol. The first-order valence-electron chi connectivity index (χ1n) is 6.15. The molecule has 3 rings (SSSR count). The highest BCUT2D eigenvalue weighted by atomic mass is 32.2. The van der Waals surface area contributed by atoms with Crippen LogP contribution in [-0.4, -0.2) is 15.0 Å². The Labute approximate surface area is 120 Å². The average Bonchev–Trinajstić information content (AvgIpc) is 3.01. The molecule has 1 heterocycles. The third-order valence-corrected chi connectivity index (χ3v) is 5.75. The van der Waals surface area contributed by atoms with Gasteiger partial charge < -0.3 is 0 Å². The number of rotatable bonds is 3. The van der Waals surface area contributed by atoms with Gasteiger partial charge in [0, 0.05) is 5.25 Å². The van der Waals surface area contributed by atoms with Crippen molar-refractivity contribution in [2.75, 3.05) is 0 Å². The first kappa shape index (κ1) is 12.4. The predicted molar refractivity (Wildman–Crippen MR) is 80.4 cm³/mol. The summed E-state index contributed by atoms with van der Waals surface area (Å²) in [5.74, 6) is 0. The number of thioether (sulfide) groups is 1. The Morgan fingerprint density at radius 2 is 1.94 bits per heavy atom. The summed E-state index contributed by atoms with van der Waals surface area (Å²) in [4.78, 5) is 0. The molecule has 1 fully saturated rings. The molecule has 5 heteroatoms. The monoisotopic (exact) mass is 294 g/mol. The van der Waals surface area contributed by atoms with Crippen LogP contribution in [0, 0.1) is 3.95 Å². The van der Waals surface area contributed by atoms with Crippen LogP contribution in [0.5, 0.6) is 0 Å². The lowest BCUT2D eigenvalue weighted by atomic mass is 10.3. The molecule has 2 nitrogen and oxygen atoms in total. The SMILES string of the molecule is S=c1sc(SC2CCCC2)nn1-c1ccccc1. The number of nitrogens with zero attached hydrogens (tertiary/aromatic N) is 2. The summed E-state index contributed by atoms with van der Waals surface area (Å²) in [6, 6.07) is 10.1. The smallest absolute Gasteiger partial charge is 0.184 e. The summed E-state index contributed by atoms with van der Waals surface area (Å²) in [5, 5.41) is 5.38. The van der Waals surface area contributed by atoms with Gasteiger partial charge >= 0.3 is 0 Å². The molecule has 0 aliphatic heterocycles. The summed E-state index contributed by atoms with van der Waals surface area (Å²) in [6.45, 7) is 0. The maximum atomic E-state index is 5.40. The van der Waals surface area contributed by atoms with Crippen LogP contribution in [0.15, 0.2) is 34.7 Å². The first-order chi connectivity index (χ1) is 8.83. The van der Waals surface area contributed by atoms with Crippen LogP contribution < -0.4 is 0 Å². The van der Waals surface area contributed by atoms with Crippen molar-refractivity contribution in [3.8, 4) is 5.69 Å². The van der Waals surface area contributed by atoms with Crippen molar-refractivity contribution in [3.63, 3.8) is 0 Å². The van der Waals surface area contributed by atoms with Crippen molar-refractivity contribution in [1.29, 1.82) is 0 Å². The van der Waals surface area contributed by atoms with Crippen molar-refractivity contribution >= 4 is 35.3 Å². The molecule has 1 saturated carbocycles. The lowest BCUT2D eigenvalue weighted by molar-refractivity contribution is 0.823. The van der Waals surface area contributed by atoms with Crippen LogP contribution in [0.4, 0.5) is 0 Å². The zero-order valence-electron chi connectivity index (χ0n) is 9.91. The number of aromatic nitrogens is 2. The van der Waals surface area contributed by atoms with E-state index in [1.165, 1.54) is 25.7 Å². The van der Waals surface area contributed by atoms with E-state index in [1.54, 1.807) is 11.3 Å². The molecule has 0 N–H and O–H groups in total. The van der Waals surface area contributed by atoms with Gasteiger partial charge in [0.25, 0.3) is 0 Å². The molecular formula is C13H14N2S3. The van der Waals surface area contributed by atoms with E-state index < -0.39 is 0 Å². The number of hydrogen-bond acceptors (Lipinski definition) is 4. The second-order valence-corrected chi connectivity index (χ2v) is 7.58. The molecule has 1 aliphatic rings. The Kier molecular flexibility index (Phi) is 3.82. The Balaban J connectivity index is 1.84.